The number of methoxy groups -OCH3 is 2. The Kier molecular flexibility index (Phi) is 7.12. The number of anilines is 1. The summed E-state index contributed by atoms with van der Waals surface area (Å²) in [6.45, 7) is 1.86. The predicted octanol–water partition coefficient (Wildman–Crippen LogP) is 5.57. The van der Waals surface area contributed by atoms with Crippen LogP contribution in [0.15, 0.2) is 72.8 Å². The number of aryl methyl sites for hydroxylation is 1. The smallest absolute Gasteiger partial charge is 0.220 e. The lowest BCUT2D eigenvalue weighted by Crippen LogP contribution is -2.44. The Morgan fingerprint density at radius 3 is 2.22 bits per heavy atom. The number of nitrogens with one attached hydrogen (secondary N) is 2. The maximum absolute atomic E-state index is 12.9. The van der Waals surface area contributed by atoms with Gasteiger partial charge in [0.05, 0.1) is 14.2 Å². The third-order valence-electron chi connectivity index (χ3n) is 7.09. The molecule has 6 heteroatoms. The van der Waals surface area contributed by atoms with E-state index in [1.165, 1.54) is 16.6 Å². The number of aromatic nitrogens is 1. The Hall–Kier alpha value is -3.93. The van der Waals surface area contributed by atoms with Crippen molar-refractivity contribution < 1.29 is 14.3 Å². The van der Waals surface area contributed by atoms with Crippen molar-refractivity contribution in [3.63, 3.8) is 0 Å². The van der Waals surface area contributed by atoms with Gasteiger partial charge in [-0.1, -0.05) is 18.2 Å². The van der Waals surface area contributed by atoms with Crippen molar-refractivity contribution in [3.05, 3.63) is 78.4 Å². The number of carbonyl (C=O) groups excluding carboxylic acids is 1. The molecule has 5 rings (SSSR count). The van der Waals surface area contributed by atoms with E-state index >= 15 is 0 Å². The fraction of sp³-hybridized carbons (Fsp3) is 0.300. The minimum atomic E-state index is 0.115. The highest BCUT2D eigenvalue weighted by atomic mass is 16.5. The Morgan fingerprint density at radius 1 is 0.917 bits per heavy atom. The van der Waals surface area contributed by atoms with Gasteiger partial charge in [-0.05, 0) is 85.0 Å². The van der Waals surface area contributed by atoms with Crippen LogP contribution < -0.4 is 19.7 Å². The van der Waals surface area contributed by atoms with Crippen molar-refractivity contribution in [2.75, 3.05) is 32.2 Å². The van der Waals surface area contributed by atoms with Crippen LogP contribution in [0.4, 0.5) is 5.69 Å². The molecule has 0 saturated carbocycles. The fourth-order valence-electron chi connectivity index (χ4n) is 5.08. The van der Waals surface area contributed by atoms with Crippen LogP contribution in [0.1, 0.15) is 24.8 Å². The van der Waals surface area contributed by atoms with Crippen molar-refractivity contribution in [3.8, 4) is 22.8 Å². The molecule has 2 heterocycles. The molecule has 0 radical (unpaired) electrons. The first-order valence-electron chi connectivity index (χ1n) is 12.6. The van der Waals surface area contributed by atoms with Gasteiger partial charge in [-0.25, -0.2) is 0 Å². The maximum atomic E-state index is 12.9. The van der Waals surface area contributed by atoms with Crippen LogP contribution in [0.3, 0.4) is 0 Å². The second kappa shape index (κ2) is 10.8. The van der Waals surface area contributed by atoms with E-state index in [9.17, 15) is 4.79 Å². The Labute approximate surface area is 212 Å². The Bertz CT molecular complexity index is 1300. The molecule has 0 unspecified atom stereocenters. The molecule has 0 atom stereocenters. The summed E-state index contributed by atoms with van der Waals surface area (Å²) in [5.41, 5.74) is 5.63. The minimum Gasteiger partial charge on any atom is -0.497 e. The highest BCUT2D eigenvalue weighted by Crippen LogP contribution is 2.32. The molecule has 4 aromatic rings. The predicted molar refractivity (Wildman–Crippen MR) is 145 cm³/mol. The minimum absolute atomic E-state index is 0.115. The number of carbonyl (C=O) groups is 1. The maximum Gasteiger partial charge on any atom is 0.220 e. The summed E-state index contributed by atoms with van der Waals surface area (Å²) in [5.74, 6) is 1.81. The average molecular weight is 484 g/mol. The van der Waals surface area contributed by atoms with E-state index in [-0.39, 0.29) is 11.9 Å². The van der Waals surface area contributed by atoms with E-state index < -0.39 is 0 Å². The van der Waals surface area contributed by atoms with Crippen LogP contribution in [0, 0.1) is 0 Å². The van der Waals surface area contributed by atoms with Gasteiger partial charge in [0, 0.05) is 47.8 Å². The molecule has 1 aliphatic rings. The van der Waals surface area contributed by atoms with Crippen LogP contribution in [-0.4, -0.2) is 44.2 Å². The molecule has 0 spiro atoms. The number of aromatic amines is 1. The second-order valence-electron chi connectivity index (χ2n) is 9.28. The van der Waals surface area contributed by atoms with E-state index in [0.29, 0.717) is 12.8 Å². The highest BCUT2D eigenvalue weighted by molar-refractivity contribution is 5.91. The van der Waals surface area contributed by atoms with Gasteiger partial charge in [0.2, 0.25) is 5.91 Å². The zero-order valence-electron chi connectivity index (χ0n) is 20.9. The number of amides is 1. The number of para-hydroxylation sites is 1. The van der Waals surface area contributed by atoms with Gasteiger partial charge in [-0.3, -0.25) is 4.79 Å². The van der Waals surface area contributed by atoms with Crippen LogP contribution in [0.2, 0.25) is 0 Å². The van der Waals surface area contributed by atoms with Gasteiger partial charge in [-0.15, -0.1) is 0 Å². The van der Waals surface area contributed by atoms with Crippen LogP contribution in [-0.2, 0) is 11.2 Å². The quantitative estimate of drug-likeness (QED) is 0.344. The molecule has 1 amide bonds. The zero-order valence-corrected chi connectivity index (χ0v) is 20.9. The second-order valence-corrected chi connectivity index (χ2v) is 9.28. The molecule has 6 nitrogen and oxygen atoms in total. The molecule has 0 bridgehead atoms. The summed E-state index contributed by atoms with van der Waals surface area (Å²) >= 11 is 0. The number of rotatable bonds is 8. The van der Waals surface area contributed by atoms with Crippen molar-refractivity contribution in [2.24, 2.45) is 0 Å². The number of hydrogen-bond acceptors (Lipinski definition) is 4. The molecule has 1 fully saturated rings. The van der Waals surface area contributed by atoms with E-state index in [0.717, 1.165) is 54.2 Å². The van der Waals surface area contributed by atoms with Crippen LogP contribution in [0.25, 0.3) is 22.2 Å². The number of ether oxygens (including phenoxy) is 2. The molecule has 1 saturated heterocycles. The van der Waals surface area contributed by atoms with Gasteiger partial charge in [-0.2, -0.15) is 0 Å². The number of nitrogens with zero attached hydrogens (tertiary/aromatic N) is 1. The van der Waals surface area contributed by atoms with Gasteiger partial charge in [0.1, 0.15) is 11.5 Å². The lowest BCUT2D eigenvalue weighted by molar-refractivity contribution is -0.121. The SMILES string of the molecule is COc1ccc(-c2[nH]c3ccccc3c2CCC(=O)NC2CCN(c3ccc(OC)cc3)CC2)cc1. The molecular formula is C30H33N3O3. The molecule has 36 heavy (non-hydrogen) atoms. The van der Waals surface area contributed by atoms with Crippen LogP contribution >= 0.6 is 0 Å². The number of H-pyrrole nitrogens is 1. The summed E-state index contributed by atoms with van der Waals surface area (Å²) < 4.78 is 10.6. The number of fused-ring (bicyclic) bond motifs is 1. The number of benzene rings is 3. The molecule has 2 N–H and O–H groups in total. The van der Waals surface area contributed by atoms with Crippen molar-refractivity contribution in [1.82, 2.24) is 10.3 Å². The molecule has 3 aromatic carbocycles. The topological polar surface area (TPSA) is 66.6 Å². The third kappa shape index (κ3) is 5.18. The van der Waals surface area contributed by atoms with Gasteiger partial charge in [0.15, 0.2) is 0 Å². The largest absolute Gasteiger partial charge is 0.497 e. The average Bonchev–Trinajstić information content (AvgIpc) is 3.31. The number of hydrogen-bond donors (Lipinski definition) is 2. The van der Waals surface area contributed by atoms with Gasteiger partial charge >= 0.3 is 0 Å². The summed E-state index contributed by atoms with van der Waals surface area (Å²) in [5, 5.41) is 4.45. The first-order chi connectivity index (χ1) is 17.6. The Morgan fingerprint density at radius 2 is 1.56 bits per heavy atom. The fourth-order valence-corrected chi connectivity index (χ4v) is 5.08. The van der Waals surface area contributed by atoms with Crippen molar-refractivity contribution >= 4 is 22.5 Å². The summed E-state index contributed by atoms with van der Waals surface area (Å²) in [6.07, 6.45) is 3.04. The summed E-state index contributed by atoms with van der Waals surface area (Å²) in [4.78, 5) is 18.9. The Balaban J connectivity index is 1.21. The molecule has 186 valence electrons. The van der Waals surface area contributed by atoms with Gasteiger partial charge in [0.25, 0.3) is 0 Å². The molecule has 1 aliphatic heterocycles. The van der Waals surface area contributed by atoms with Crippen LogP contribution in [0.5, 0.6) is 11.5 Å². The monoisotopic (exact) mass is 483 g/mol. The van der Waals surface area contributed by atoms with E-state index in [2.05, 4.69) is 51.6 Å². The number of piperidine rings is 1. The summed E-state index contributed by atoms with van der Waals surface area (Å²) in [6, 6.07) is 24.7. The van der Waals surface area contributed by atoms with E-state index in [1.54, 1.807) is 14.2 Å². The van der Waals surface area contributed by atoms with E-state index in [1.807, 2.05) is 36.4 Å². The zero-order chi connectivity index (χ0) is 24.9. The normalized spacial score (nSPS) is 14.1. The standard InChI is InChI=1S/C30H33N3O3/c1-35-24-11-7-21(8-12-24)30-27(26-5-3-4-6-28(26)32-30)15-16-29(34)31-22-17-19-33(20-18-22)23-9-13-25(36-2)14-10-23/h3-14,22,32H,15-20H2,1-2H3,(H,31,34). The van der Waals surface area contributed by atoms with Crippen molar-refractivity contribution in [1.29, 1.82) is 0 Å². The first kappa shape index (κ1) is 23.8. The third-order valence-corrected chi connectivity index (χ3v) is 7.09. The first-order valence-corrected chi connectivity index (χ1v) is 12.6. The lowest BCUT2D eigenvalue weighted by Gasteiger charge is -2.34. The summed E-state index contributed by atoms with van der Waals surface area (Å²) in [7, 11) is 3.35. The molecule has 1 aromatic heterocycles. The lowest BCUT2D eigenvalue weighted by atomic mass is 10.00. The molecule has 0 aliphatic carbocycles. The van der Waals surface area contributed by atoms with Gasteiger partial charge < -0.3 is 24.7 Å². The molecular weight excluding hydrogens is 450 g/mol. The van der Waals surface area contributed by atoms with E-state index in [4.69, 9.17) is 9.47 Å². The highest BCUT2D eigenvalue weighted by Gasteiger charge is 2.22. The van der Waals surface area contributed by atoms with Crippen molar-refractivity contribution in [2.45, 2.75) is 31.7 Å².